The molecule has 0 saturated carbocycles. The summed E-state index contributed by atoms with van der Waals surface area (Å²) in [6.07, 6.45) is 1.61. The summed E-state index contributed by atoms with van der Waals surface area (Å²) in [5.41, 5.74) is 3.03. The molecule has 0 radical (unpaired) electrons. The molecule has 0 heterocycles. The van der Waals surface area contributed by atoms with Gasteiger partial charge < -0.3 is 14.7 Å². The highest BCUT2D eigenvalue weighted by atomic mass is 16.6. The van der Waals surface area contributed by atoms with E-state index < -0.39 is 5.97 Å². The number of nitrogens with zero attached hydrogens (tertiary/aromatic N) is 1. The van der Waals surface area contributed by atoms with Gasteiger partial charge in [-0.1, -0.05) is 29.4 Å². The van der Waals surface area contributed by atoms with Crippen molar-refractivity contribution in [3.8, 4) is 5.75 Å². The van der Waals surface area contributed by atoms with Crippen LogP contribution in [0.25, 0.3) is 0 Å². The number of aryl methyl sites for hydroxylation is 1. The third-order valence-corrected chi connectivity index (χ3v) is 3.17. The molecule has 0 fully saturated rings. The Labute approximate surface area is 128 Å². The Kier molecular flexibility index (Phi) is 5.14. The molecule has 114 valence electrons. The van der Waals surface area contributed by atoms with Crippen LogP contribution in [0.2, 0.25) is 0 Å². The molecule has 5 heteroatoms. The lowest BCUT2D eigenvalue weighted by atomic mass is 10.1. The highest BCUT2D eigenvalue weighted by Gasteiger charge is 2.06. The first-order chi connectivity index (χ1) is 10.6. The fourth-order valence-electron chi connectivity index (χ4n) is 1.96. The van der Waals surface area contributed by atoms with Crippen molar-refractivity contribution in [2.75, 3.05) is 7.11 Å². The SMILES string of the molecule is CO/N=C/c1c(C)cccc1OCc1ccc(C(=O)O)cc1. The normalized spacial score (nSPS) is 10.6. The first-order valence-corrected chi connectivity index (χ1v) is 6.73. The average Bonchev–Trinajstić information content (AvgIpc) is 2.52. The lowest BCUT2D eigenvalue weighted by Gasteiger charge is -2.11. The van der Waals surface area contributed by atoms with E-state index in [0.29, 0.717) is 12.4 Å². The van der Waals surface area contributed by atoms with Gasteiger partial charge in [-0.2, -0.15) is 0 Å². The number of carboxylic acids is 1. The van der Waals surface area contributed by atoms with Crippen molar-refractivity contribution >= 4 is 12.2 Å². The summed E-state index contributed by atoms with van der Waals surface area (Å²) in [6, 6.07) is 12.3. The van der Waals surface area contributed by atoms with Gasteiger partial charge in [0.05, 0.1) is 11.8 Å². The fraction of sp³-hybridized carbons (Fsp3) is 0.176. The molecular weight excluding hydrogens is 282 g/mol. The predicted octanol–water partition coefficient (Wildman–Crippen LogP) is 3.25. The molecule has 1 N–H and O–H groups in total. The summed E-state index contributed by atoms with van der Waals surface area (Å²) in [6.45, 7) is 2.31. The van der Waals surface area contributed by atoms with Crippen LogP contribution in [0.4, 0.5) is 0 Å². The molecule has 0 aliphatic heterocycles. The number of hydrogen-bond donors (Lipinski definition) is 1. The Morgan fingerprint density at radius 1 is 1.23 bits per heavy atom. The Hall–Kier alpha value is -2.82. The summed E-state index contributed by atoms with van der Waals surface area (Å²) in [5.74, 6) is -0.243. The zero-order valence-corrected chi connectivity index (χ0v) is 12.4. The van der Waals surface area contributed by atoms with E-state index in [2.05, 4.69) is 5.16 Å². The van der Waals surface area contributed by atoms with Crippen molar-refractivity contribution in [2.45, 2.75) is 13.5 Å². The van der Waals surface area contributed by atoms with Crippen molar-refractivity contribution in [3.05, 3.63) is 64.7 Å². The van der Waals surface area contributed by atoms with Crippen molar-refractivity contribution in [1.29, 1.82) is 0 Å². The highest BCUT2D eigenvalue weighted by Crippen LogP contribution is 2.21. The van der Waals surface area contributed by atoms with E-state index in [1.54, 1.807) is 30.5 Å². The molecule has 0 amide bonds. The molecule has 2 aromatic carbocycles. The quantitative estimate of drug-likeness (QED) is 0.656. The molecule has 0 atom stereocenters. The molecule has 22 heavy (non-hydrogen) atoms. The van der Waals surface area contributed by atoms with Crippen LogP contribution in [0.5, 0.6) is 5.75 Å². The predicted molar refractivity (Wildman–Crippen MR) is 83.5 cm³/mol. The average molecular weight is 299 g/mol. The van der Waals surface area contributed by atoms with Gasteiger partial charge in [0.15, 0.2) is 0 Å². The molecule has 0 aliphatic carbocycles. The summed E-state index contributed by atoms with van der Waals surface area (Å²) in [4.78, 5) is 15.5. The minimum absolute atomic E-state index is 0.257. The second-order valence-electron chi connectivity index (χ2n) is 4.69. The van der Waals surface area contributed by atoms with Crippen LogP contribution in [0, 0.1) is 6.92 Å². The Balaban J connectivity index is 2.12. The standard InChI is InChI=1S/C17H17NO4/c1-12-4-3-5-16(15(12)10-18-21-2)22-11-13-6-8-14(9-7-13)17(19)20/h3-10H,11H2,1-2H3,(H,19,20)/b18-10+. The maximum Gasteiger partial charge on any atom is 0.335 e. The van der Waals surface area contributed by atoms with Crippen molar-refractivity contribution < 1.29 is 19.5 Å². The number of carbonyl (C=O) groups is 1. The van der Waals surface area contributed by atoms with Crippen LogP contribution in [-0.2, 0) is 11.4 Å². The molecule has 0 bridgehead atoms. The van der Waals surface area contributed by atoms with E-state index in [1.165, 1.54) is 7.11 Å². The van der Waals surface area contributed by atoms with Crippen molar-refractivity contribution in [1.82, 2.24) is 0 Å². The molecule has 2 rings (SSSR count). The number of ether oxygens (including phenoxy) is 1. The fourth-order valence-corrected chi connectivity index (χ4v) is 1.96. The van der Waals surface area contributed by atoms with E-state index in [4.69, 9.17) is 14.7 Å². The van der Waals surface area contributed by atoms with Gasteiger partial charge in [-0.05, 0) is 36.2 Å². The zero-order valence-electron chi connectivity index (χ0n) is 12.4. The summed E-state index contributed by atoms with van der Waals surface area (Å²) in [7, 11) is 1.49. The summed E-state index contributed by atoms with van der Waals surface area (Å²) >= 11 is 0. The highest BCUT2D eigenvalue weighted by molar-refractivity contribution is 5.87. The maximum absolute atomic E-state index is 10.8. The first kappa shape index (κ1) is 15.6. The minimum atomic E-state index is -0.941. The van der Waals surface area contributed by atoms with Crippen LogP contribution in [-0.4, -0.2) is 24.4 Å². The van der Waals surface area contributed by atoms with E-state index in [9.17, 15) is 4.79 Å². The van der Waals surface area contributed by atoms with Crippen molar-refractivity contribution in [2.24, 2.45) is 5.16 Å². The Morgan fingerprint density at radius 2 is 1.95 bits per heavy atom. The van der Waals surface area contributed by atoms with Crippen LogP contribution in [0.15, 0.2) is 47.6 Å². The van der Waals surface area contributed by atoms with Crippen LogP contribution >= 0.6 is 0 Å². The van der Waals surface area contributed by atoms with E-state index in [-0.39, 0.29) is 5.56 Å². The van der Waals surface area contributed by atoms with Crippen molar-refractivity contribution in [3.63, 3.8) is 0 Å². The van der Waals surface area contributed by atoms with Crippen LogP contribution < -0.4 is 4.74 Å². The number of oxime groups is 1. The second-order valence-corrected chi connectivity index (χ2v) is 4.69. The molecule has 5 nitrogen and oxygen atoms in total. The molecule has 0 aliphatic rings. The van der Waals surface area contributed by atoms with Crippen LogP contribution in [0.3, 0.4) is 0 Å². The lowest BCUT2D eigenvalue weighted by molar-refractivity contribution is 0.0697. The monoisotopic (exact) mass is 299 g/mol. The molecule has 0 saturated heterocycles. The second kappa shape index (κ2) is 7.26. The Bertz CT molecular complexity index is 678. The topological polar surface area (TPSA) is 68.1 Å². The Morgan fingerprint density at radius 3 is 2.59 bits per heavy atom. The van der Waals surface area contributed by atoms with Gasteiger partial charge in [0, 0.05) is 5.56 Å². The van der Waals surface area contributed by atoms with Gasteiger partial charge >= 0.3 is 5.97 Å². The van der Waals surface area contributed by atoms with E-state index in [1.807, 2.05) is 25.1 Å². The number of benzene rings is 2. The number of aromatic carboxylic acids is 1. The first-order valence-electron chi connectivity index (χ1n) is 6.73. The van der Waals surface area contributed by atoms with Gasteiger partial charge in [0.1, 0.15) is 19.5 Å². The maximum atomic E-state index is 10.8. The zero-order chi connectivity index (χ0) is 15.9. The summed E-state index contributed by atoms with van der Waals surface area (Å²) in [5, 5.41) is 12.7. The smallest absolute Gasteiger partial charge is 0.335 e. The van der Waals surface area contributed by atoms with Crippen LogP contribution in [0.1, 0.15) is 27.0 Å². The number of hydrogen-bond acceptors (Lipinski definition) is 4. The molecular formula is C17H17NO4. The van der Waals surface area contributed by atoms with Gasteiger partial charge in [0.2, 0.25) is 0 Å². The van der Waals surface area contributed by atoms with Gasteiger partial charge in [0.25, 0.3) is 0 Å². The summed E-state index contributed by atoms with van der Waals surface area (Å²) < 4.78 is 5.81. The van der Waals surface area contributed by atoms with Gasteiger partial charge in [-0.15, -0.1) is 0 Å². The molecule has 0 aromatic heterocycles. The number of carboxylic acid groups (broad SMARTS) is 1. The molecule has 0 unspecified atom stereocenters. The number of rotatable bonds is 6. The van der Waals surface area contributed by atoms with E-state index >= 15 is 0 Å². The lowest BCUT2D eigenvalue weighted by Crippen LogP contribution is -2.01. The van der Waals surface area contributed by atoms with Gasteiger partial charge in [-0.3, -0.25) is 0 Å². The molecule has 2 aromatic rings. The van der Waals surface area contributed by atoms with E-state index in [0.717, 1.165) is 16.7 Å². The third kappa shape index (κ3) is 3.85. The molecule has 0 spiro atoms. The third-order valence-electron chi connectivity index (χ3n) is 3.17. The minimum Gasteiger partial charge on any atom is -0.488 e. The largest absolute Gasteiger partial charge is 0.488 e. The van der Waals surface area contributed by atoms with Gasteiger partial charge in [-0.25, -0.2) is 4.79 Å².